The van der Waals surface area contributed by atoms with Crippen LogP contribution in [0.25, 0.3) is 0 Å². The average Bonchev–Trinajstić information content (AvgIpc) is 3.47. The Bertz CT molecular complexity index is 1440. The fraction of sp³-hybridized carbons (Fsp3) is 0.827. The van der Waals surface area contributed by atoms with Crippen molar-refractivity contribution in [2.45, 2.75) is 386 Å². The van der Waals surface area contributed by atoms with E-state index < -0.39 is 6.10 Å². The number of carbonyl (C=O) groups excluding carboxylic acids is 3. The van der Waals surface area contributed by atoms with Crippen molar-refractivity contribution >= 4 is 17.9 Å². The lowest BCUT2D eigenvalue weighted by Gasteiger charge is -2.18. The monoisotopic (exact) mass is 1130 g/mol. The Labute approximate surface area is 504 Å². The van der Waals surface area contributed by atoms with Crippen molar-refractivity contribution in [1.82, 2.24) is 0 Å². The van der Waals surface area contributed by atoms with Gasteiger partial charge in [0.1, 0.15) is 13.2 Å². The van der Waals surface area contributed by atoms with Gasteiger partial charge in [0.05, 0.1) is 0 Å². The van der Waals surface area contributed by atoms with Crippen LogP contribution in [0.4, 0.5) is 0 Å². The summed E-state index contributed by atoms with van der Waals surface area (Å²) in [6.45, 7) is 6.66. The molecule has 0 radical (unpaired) electrons. The summed E-state index contributed by atoms with van der Waals surface area (Å²) in [5.74, 6) is -0.869. The van der Waals surface area contributed by atoms with Crippen LogP contribution >= 0.6 is 0 Å². The van der Waals surface area contributed by atoms with Gasteiger partial charge >= 0.3 is 17.9 Å². The van der Waals surface area contributed by atoms with Gasteiger partial charge in [0.2, 0.25) is 0 Å². The maximum atomic E-state index is 13.0. The molecular weight excluding hydrogens is 997 g/mol. The zero-order valence-electron chi connectivity index (χ0n) is 54.3. The maximum Gasteiger partial charge on any atom is 0.306 e. The Kier molecular flexibility index (Phi) is 67.1. The van der Waals surface area contributed by atoms with Crippen LogP contribution in [0.5, 0.6) is 0 Å². The minimum atomic E-state index is -0.784. The zero-order chi connectivity index (χ0) is 58.5. The molecule has 0 aromatic rings. The molecule has 0 spiro atoms. The molecule has 472 valence electrons. The van der Waals surface area contributed by atoms with E-state index in [4.69, 9.17) is 14.2 Å². The largest absolute Gasteiger partial charge is 0.462 e. The Balaban J connectivity index is 4.36. The Morgan fingerprint density at radius 3 is 0.716 bits per heavy atom. The average molecular weight is 1130 g/mol. The van der Waals surface area contributed by atoms with E-state index in [2.05, 4.69) is 81.5 Å². The van der Waals surface area contributed by atoms with Crippen LogP contribution in [0.3, 0.4) is 0 Å². The molecule has 1 unspecified atom stereocenters. The van der Waals surface area contributed by atoms with Crippen molar-refractivity contribution in [3.63, 3.8) is 0 Å². The van der Waals surface area contributed by atoms with Gasteiger partial charge in [-0.3, -0.25) is 14.4 Å². The third kappa shape index (κ3) is 67.8. The topological polar surface area (TPSA) is 78.9 Å². The second kappa shape index (κ2) is 69.6. The molecule has 0 aliphatic carbocycles. The van der Waals surface area contributed by atoms with E-state index in [1.165, 1.54) is 250 Å². The summed E-state index contributed by atoms with van der Waals surface area (Å²) in [6.07, 6.45) is 89.5. The second-order valence-corrected chi connectivity index (χ2v) is 24.1. The first kappa shape index (κ1) is 78.1. The maximum absolute atomic E-state index is 13.0. The van der Waals surface area contributed by atoms with E-state index in [-0.39, 0.29) is 31.1 Å². The number of hydrogen-bond acceptors (Lipinski definition) is 6. The molecule has 0 bridgehead atoms. The predicted octanol–water partition coefficient (Wildman–Crippen LogP) is 24.7. The van der Waals surface area contributed by atoms with Crippen LogP contribution in [0, 0.1) is 0 Å². The zero-order valence-corrected chi connectivity index (χ0v) is 54.3. The molecule has 0 rings (SSSR count). The van der Waals surface area contributed by atoms with Crippen LogP contribution in [-0.2, 0) is 28.6 Å². The fourth-order valence-electron chi connectivity index (χ4n) is 10.6. The van der Waals surface area contributed by atoms with Crippen LogP contribution in [0.15, 0.2) is 60.8 Å². The normalized spacial score (nSPS) is 12.4. The van der Waals surface area contributed by atoms with Gasteiger partial charge in [-0.25, -0.2) is 0 Å². The molecule has 0 aromatic heterocycles. The molecule has 0 heterocycles. The van der Waals surface area contributed by atoms with Crippen molar-refractivity contribution in [3.8, 4) is 0 Å². The molecule has 6 heteroatoms. The molecular formula is C75H136O6. The fourth-order valence-corrected chi connectivity index (χ4v) is 10.6. The van der Waals surface area contributed by atoms with Crippen molar-refractivity contribution < 1.29 is 28.6 Å². The van der Waals surface area contributed by atoms with E-state index in [9.17, 15) is 14.4 Å². The molecule has 0 N–H and O–H groups in total. The smallest absolute Gasteiger partial charge is 0.306 e. The van der Waals surface area contributed by atoms with Crippen molar-refractivity contribution in [3.05, 3.63) is 60.8 Å². The van der Waals surface area contributed by atoms with Gasteiger partial charge in [0.15, 0.2) is 6.10 Å². The van der Waals surface area contributed by atoms with E-state index in [0.29, 0.717) is 19.3 Å². The van der Waals surface area contributed by atoms with Crippen LogP contribution in [-0.4, -0.2) is 37.2 Å². The molecule has 0 fully saturated rings. The number of esters is 3. The van der Waals surface area contributed by atoms with Crippen LogP contribution < -0.4 is 0 Å². The third-order valence-electron chi connectivity index (χ3n) is 16.0. The summed E-state index contributed by atoms with van der Waals surface area (Å²) >= 11 is 0. The molecule has 0 aliphatic heterocycles. The molecule has 1 atom stereocenters. The Morgan fingerprint density at radius 2 is 0.444 bits per heavy atom. The van der Waals surface area contributed by atoms with E-state index in [1.807, 2.05) is 0 Å². The number of rotatable bonds is 66. The van der Waals surface area contributed by atoms with Crippen molar-refractivity contribution in [2.75, 3.05) is 13.2 Å². The summed E-state index contributed by atoms with van der Waals surface area (Å²) in [5, 5.41) is 0. The summed E-state index contributed by atoms with van der Waals surface area (Å²) in [7, 11) is 0. The number of hydrogen-bond donors (Lipinski definition) is 0. The quantitative estimate of drug-likeness (QED) is 0.0261. The van der Waals surface area contributed by atoms with E-state index in [1.54, 1.807) is 0 Å². The molecule has 6 nitrogen and oxygen atoms in total. The minimum absolute atomic E-state index is 0.0772. The minimum Gasteiger partial charge on any atom is -0.462 e. The van der Waals surface area contributed by atoms with Gasteiger partial charge in [0.25, 0.3) is 0 Å². The first-order valence-corrected chi connectivity index (χ1v) is 35.8. The van der Waals surface area contributed by atoms with Crippen LogP contribution in [0.1, 0.15) is 380 Å². The SMILES string of the molecule is CCCCC/C=C\C/C=C\CCCCCCCCCCCC(=O)OCC(COC(=O)CCCCCCCCCCCCCCCCCCCCCCCCC)OC(=O)CCCCCCCC/C=C\C/C=C\C/C=C\CCCCCCC. The molecule has 0 saturated heterocycles. The second-order valence-electron chi connectivity index (χ2n) is 24.1. The number of ether oxygens (including phenoxy) is 3. The van der Waals surface area contributed by atoms with Crippen LogP contribution in [0.2, 0.25) is 0 Å². The molecule has 0 aromatic carbocycles. The van der Waals surface area contributed by atoms with Gasteiger partial charge in [-0.1, -0.05) is 332 Å². The highest BCUT2D eigenvalue weighted by Crippen LogP contribution is 2.18. The standard InChI is InChI=1S/C75H136O6/c1-4-7-10-13-16-19-22-25-28-31-34-36-37-39-41-44-47-50-53-56-59-62-65-68-74(77)80-71-72(70-79-73(76)67-64-61-58-55-52-49-46-43-40-33-30-27-24-21-18-15-12-9-6-3)81-75(78)69-66-63-60-57-54-51-48-45-42-38-35-32-29-26-23-20-17-14-11-8-5-2/h18,21,23,26-27,30,32,35,42,45,72H,4-17,19-20,22,24-25,28-29,31,33-34,36-41,43-44,46-71H2,1-3H3/b21-18-,26-23-,30-27-,35-32-,45-42-. The molecule has 0 saturated carbocycles. The Hall–Kier alpha value is -2.89. The van der Waals surface area contributed by atoms with E-state index >= 15 is 0 Å². The summed E-state index contributed by atoms with van der Waals surface area (Å²) in [6, 6.07) is 0. The summed E-state index contributed by atoms with van der Waals surface area (Å²) in [5.41, 5.74) is 0. The molecule has 0 aliphatic rings. The van der Waals surface area contributed by atoms with Crippen molar-refractivity contribution in [2.24, 2.45) is 0 Å². The highest BCUT2D eigenvalue weighted by atomic mass is 16.6. The molecule has 0 amide bonds. The molecule has 81 heavy (non-hydrogen) atoms. The number of carbonyl (C=O) groups is 3. The van der Waals surface area contributed by atoms with Gasteiger partial charge in [-0.15, -0.1) is 0 Å². The summed E-state index contributed by atoms with van der Waals surface area (Å²) in [4.78, 5) is 38.5. The van der Waals surface area contributed by atoms with Gasteiger partial charge in [-0.05, 0) is 89.9 Å². The van der Waals surface area contributed by atoms with Gasteiger partial charge in [-0.2, -0.15) is 0 Å². The highest BCUT2D eigenvalue weighted by molar-refractivity contribution is 5.71. The summed E-state index contributed by atoms with van der Waals surface area (Å²) < 4.78 is 17.0. The van der Waals surface area contributed by atoms with Gasteiger partial charge in [0, 0.05) is 19.3 Å². The number of allylic oxidation sites excluding steroid dienone is 10. The first-order valence-electron chi connectivity index (χ1n) is 35.8. The van der Waals surface area contributed by atoms with Crippen molar-refractivity contribution in [1.29, 1.82) is 0 Å². The van der Waals surface area contributed by atoms with E-state index in [0.717, 1.165) is 89.9 Å². The lowest BCUT2D eigenvalue weighted by Crippen LogP contribution is -2.30. The lowest BCUT2D eigenvalue weighted by molar-refractivity contribution is -0.167. The highest BCUT2D eigenvalue weighted by Gasteiger charge is 2.19. The third-order valence-corrected chi connectivity index (χ3v) is 16.0. The first-order chi connectivity index (χ1) is 40.0. The number of unbranched alkanes of at least 4 members (excludes halogenated alkanes) is 45. The predicted molar refractivity (Wildman–Crippen MR) is 353 cm³/mol. The lowest BCUT2D eigenvalue weighted by atomic mass is 10.0. The van der Waals surface area contributed by atoms with Gasteiger partial charge < -0.3 is 14.2 Å². The Morgan fingerprint density at radius 1 is 0.247 bits per heavy atom.